The first-order valence-corrected chi connectivity index (χ1v) is 9.67. The molecule has 0 N–H and O–H groups in total. The molecule has 0 radical (unpaired) electrons. The highest BCUT2D eigenvalue weighted by Crippen LogP contribution is 2.26. The number of benzene rings is 2. The van der Waals surface area contributed by atoms with Crippen LogP contribution in [0.3, 0.4) is 0 Å². The van der Waals surface area contributed by atoms with Gasteiger partial charge >= 0.3 is 0 Å². The Balaban J connectivity index is 1.24. The first kappa shape index (κ1) is 18.3. The van der Waals surface area contributed by atoms with Crippen molar-refractivity contribution in [2.24, 2.45) is 0 Å². The van der Waals surface area contributed by atoms with Crippen LogP contribution in [0.2, 0.25) is 0 Å². The Labute approximate surface area is 172 Å². The molecule has 3 heterocycles. The van der Waals surface area contributed by atoms with Gasteiger partial charge in [-0.05, 0) is 29.8 Å². The van der Waals surface area contributed by atoms with Crippen molar-refractivity contribution in [3.63, 3.8) is 0 Å². The van der Waals surface area contributed by atoms with Crippen molar-refractivity contribution >= 4 is 6.47 Å². The van der Waals surface area contributed by atoms with Crippen molar-refractivity contribution in [3.8, 4) is 34.2 Å². The van der Waals surface area contributed by atoms with Gasteiger partial charge in [0.1, 0.15) is 11.9 Å². The van der Waals surface area contributed by atoms with Gasteiger partial charge in [-0.1, -0.05) is 41.6 Å². The van der Waals surface area contributed by atoms with Crippen molar-refractivity contribution in [2.45, 2.75) is 12.6 Å². The third kappa shape index (κ3) is 3.75. The number of likely N-dealkylation sites (tertiary alicyclic amines) is 1. The smallest absolute Gasteiger partial charge is 0.293 e. The summed E-state index contributed by atoms with van der Waals surface area (Å²) in [5, 5.41) is 4.12. The van der Waals surface area contributed by atoms with E-state index in [4.69, 9.17) is 13.7 Å². The van der Waals surface area contributed by atoms with E-state index in [1.807, 2.05) is 48.5 Å². The van der Waals surface area contributed by atoms with Crippen LogP contribution in [-0.2, 0) is 16.1 Å². The molecule has 0 amide bonds. The maximum absolute atomic E-state index is 10.3. The fraction of sp³-hybridized carbons (Fsp3) is 0.174. The third-order valence-corrected chi connectivity index (χ3v) is 5.15. The van der Waals surface area contributed by atoms with Crippen LogP contribution in [0.15, 0.2) is 75.9 Å². The van der Waals surface area contributed by atoms with E-state index in [0.717, 1.165) is 42.1 Å². The van der Waals surface area contributed by atoms with Gasteiger partial charge in [0.05, 0.1) is 6.26 Å². The number of furan rings is 1. The molecule has 1 fully saturated rings. The molecule has 1 saturated heterocycles. The van der Waals surface area contributed by atoms with Crippen molar-refractivity contribution in [1.82, 2.24) is 15.0 Å². The Morgan fingerprint density at radius 2 is 1.73 bits per heavy atom. The van der Waals surface area contributed by atoms with Gasteiger partial charge in [-0.2, -0.15) is 4.98 Å². The number of hydrogen-bond acceptors (Lipinski definition) is 7. The SMILES string of the molecule is O=COC1CN(Cc2ccc(-c3noc(-c4ccc(-c5ccco5)cc4)n3)cc2)C1. The zero-order chi connectivity index (χ0) is 20.3. The number of aromatic nitrogens is 2. The van der Waals surface area contributed by atoms with Gasteiger partial charge in [-0.25, -0.2) is 0 Å². The lowest BCUT2D eigenvalue weighted by atomic mass is 10.1. The number of carbonyl (C=O) groups is 1. The summed E-state index contributed by atoms with van der Waals surface area (Å²) in [5.74, 6) is 1.84. The summed E-state index contributed by atoms with van der Waals surface area (Å²) >= 11 is 0. The largest absolute Gasteiger partial charge is 0.464 e. The lowest BCUT2D eigenvalue weighted by Gasteiger charge is -2.37. The number of hydrogen-bond donors (Lipinski definition) is 0. The van der Waals surface area contributed by atoms with E-state index in [1.165, 1.54) is 5.56 Å². The molecule has 0 aliphatic carbocycles. The second-order valence-corrected chi connectivity index (χ2v) is 7.22. The Bertz CT molecular complexity index is 1110. The Kier molecular flexibility index (Phi) is 4.86. The van der Waals surface area contributed by atoms with E-state index in [9.17, 15) is 4.79 Å². The molecule has 4 aromatic rings. The highest BCUT2D eigenvalue weighted by Gasteiger charge is 2.27. The Morgan fingerprint density at radius 3 is 2.43 bits per heavy atom. The highest BCUT2D eigenvalue weighted by molar-refractivity contribution is 5.65. The van der Waals surface area contributed by atoms with Crippen LogP contribution in [0.1, 0.15) is 5.56 Å². The van der Waals surface area contributed by atoms with E-state index < -0.39 is 0 Å². The number of ether oxygens (including phenoxy) is 1. The lowest BCUT2D eigenvalue weighted by molar-refractivity contribution is -0.142. The average Bonchev–Trinajstić information content (AvgIpc) is 3.45. The van der Waals surface area contributed by atoms with Crippen molar-refractivity contribution in [3.05, 3.63) is 72.5 Å². The van der Waals surface area contributed by atoms with Crippen LogP contribution in [0.5, 0.6) is 0 Å². The second kappa shape index (κ2) is 7.96. The molecule has 30 heavy (non-hydrogen) atoms. The van der Waals surface area contributed by atoms with Gasteiger partial charge in [0.25, 0.3) is 12.4 Å². The molecule has 2 aromatic carbocycles. The van der Waals surface area contributed by atoms with Crippen LogP contribution in [0.25, 0.3) is 34.2 Å². The van der Waals surface area contributed by atoms with Crippen LogP contribution < -0.4 is 0 Å². The molecule has 7 nitrogen and oxygen atoms in total. The molecule has 0 bridgehead atoms. The van der Waals surface area contributed by atoms with Crippen LogP contribution >= 0.6 is 0 Å². The van der Waals surface area contributed by atoms with Gasteiger partial charge in [0.15, 0.2) is 0 Å². The molecule has 5 rings (SSSR count). The number of nitrogens with zero attached hydrogens (tertiary/aromatic N) is 3. The molecule has 2 aromatic heterocycles. The zero-order valence-electron chi connectivity index (χ0n) is 16.1. The first-order valence-electron chi connectivity index (χ1n) is 9.67. The van der Waals surface area contributed by atoms with Gasteiger partial charge in [0.2, 0.25) is 5.82 Å². The molecule has 0 unspecified atom stereocenters. The summed E-state index contributed by atoms with van der Waals surface area (Å²) < 4.78 is 15.8. The third-order valence-electron chi connectivity index (χ3n) is 5.15. The van der Waals surface area contributed by atoms with Gasteiger partial charge in [0, 0.05) is 36.3 Å². The summed E-state index contributed by atoms with van der Waals surface area (Å²) in [6, 6.07) is 19.7. The maximum Gasteiger partial charge on any atom is 0.293 e. The van der Waals surface area contributed by atoms with Gasteiger partial charge in [-0.3, -0.25) is 9.69 Å². The van der Waals surface area contributed by atoms with Gasteiger partial charge < -0.3 is 13.7 Å². The van der Waals surface area contributed by atoms with Crippen LogP contribution in [0, 0.1) is 0 Å². The fourth-order valence-electron chi connectivity index (χ4n) is 3.51. The normalized spacial score (nSPS) is 14.4. The summed E-state index contributed by atoms with van der Waals surface area (Å²) in [7, 11) is 0. The predicted octanol–water partition coefficient (Wildman–Crippen LogP) is 4.02. The molecule has 1 aliphatic heterocycles. The number of rotatable bonds is 7. The van der Waals surface area contributed by atoms with Crippen molar-refractivity contribution < 1.29 is 18.5 Å². The zero-order valence-corrected chi connectivity index (χ0v) is 16.1. The topological polar surface area (TPSA) is 81.6 Å². The lowest BCUT2D eigenvalue weighted by Crippen LogP contribution is -2.51. The highest BCUT2D eigenvalue weighted by atomic mass is 16.5. The van der Waals surface area contributed by atoms with Gasteiger partial charge in [-0.15, -0.1) is 0 Å². The fourth-order valence-corrected chi connectivity index (χ4v) is 3.51. The second-order valence-electron chi connectivity index (χ2n) is 7.22. The summed E-state index contributed by atoms with van der Waals surface area (Å²) in [4.78, 5) is 17.1. The van der Waals surface area contributed by atoms with E-state index >= 15 is 0 Å². The summed E-state index contributed by atoms with van der Waals surface area (Å²) in [5.41, 5.74) is 3.92. The van der Waals surface area contributed by atoms with E-state index in [2.05, 4.69) is 27.2 Å². The molecule has 0 atom stereocenters. The Hall–Kier alpha value is -3.71. The first-order chi connectivity index (χ1) is 14.8. The predicted molar refractivity (Wildman–Crippen MR) is 109 cm³/mol. The monoisotopic (exact) mass is 401 g/mol. The molecule has 0 spiro atoms. The molecular formula is C23H19N3O4. The van der Waals surface area contributed by atoms with Crippen LogP contribution in [0.4, 0.5) is 0 Å². The van der Waals surface area contributed by atoms with Crippen LogP contribution in [-0.4, -0.2) is 40.7 Å². The van der Waals surface area contributed by atoms with Crippen molar-refractivity contribution in [1.29, 1.82) is 0 Å². The molecule has 1 aliphatic rings. The molecule has 7 heteroatoms. The minimum absolute atomic E-state index is 0.0210. The molecule has 0 saturated carbocycles. The summed E-state index contributed by atoms with van der Waals surface area (Å²) in [6.07, 6.45) is 1.68. The van der Waals surface area contributed by atoms with E-state index in [-0.39, 0.29) is 6.10 Å². The summed E-state index contributed by atoms with van der Waals surface area (Å²) in [6.45, 7) is 2.88. The average molecular weight is 401 g/mol. The maximum atomic E-state index is 10.3. The van der Waals surface area contributed by atoms with E-state index in [1.54, 1.807) is 6.26 Å². The number of carbonyl (C=O) groups excluding carboxylic acids is 1. The molecule has 150 valence electrons. The Morgan fingerprint density at radius 1 is 1.00 bits per heavy atom. The minimum atomic E-state index is 0.0210. The molecular weight excluding hydrogens is 382 g/mol. The standard InChI is InChI=1S/C23H19N3O4/c27-15-29-20-13-26(14-20)12-16-3-5-18(6-4-16)22-24-23(30-25-22)19-9-7-17(8-10-19)21-2-1-11-28-21/h1-11,15,20H,12-14H2. The van der Waals surface area contributed by atoms with E-state index in [0.29, 0.717) is 18.2 Å². The quantitative estimate of drug-likeness (QED) is 0.433. The van der Waals surface area contributed by atoms with Crippen molar-refractivity contribution in [2.75, 3.05) is 13.1 Å². The minimum Gasteiger partial charge on any atom is -0.464 e.